The van der Waals surface area contributed by atoms with Crippen LogP contribution in [0.2, 0.25) is 0 Å². The molecule has 2 N–H and O–H groups in total. The number of carboxylic acid groups (broad SMARTS) is 1. The Balaban J connectivity index is 1.76. The average molecular weight is 327 g/mol. The second-order valence-electron chi connectivity index (χ2n) is 6.25. The highest BCUT2D eigenvalue weighted by Crippen LogP contribution is 2.50. The minimum atomic E-state index is -0.981. The predicted molar refractivity (Wildman–Crippen MR) is 86.1 cm³/mol. The number of carbonyl (C=O) groups is 1. The van der Waals surface area contributed by atoms with Gasteiger partial charge < -0.3 is 10.4 Å². The van der Waals surface area contributed by atoms with Crippen molar-refractivity contribution in [1.82, 2.24) is 0 Å². The Hall–Kier alpha value is -2.69. The van der Waals surface area contributed by atoms with E-state index in [0.717, 1.165) is 18.1 Å². The molecule has 0 saturated heterocycles. The number of anilines is 1. The zero-order chi connectivity index (χ0) is 16.8. The van der Waals surface area contributed by atoms with Crippen LogP contribution in [-0.2, 0) is 0 Å². The SMILES string of the molecule is O=C(O)c1ccc([C@@H]2Nc3c(F)cc(F)cc3[C@@H]3C=CC[C@H]32)cc1. The van der Waals surface area contributed by atoms with Crippen LogP contribution in [0.3, 0.4) is 0 Å². The van der Waals surface area contributed by atoms with Gasteiger partial charge in [-0.15, -0.1) is 0 Å². The topological polar surface area (TPSA) is 49.3 Å². The maximum absolute atomic E-state index is 14.2. The van der Waals surface area contributed by atoms with E-state index in [0.29, 0.717) is 11.3 Å². The van der Waals surface area contributed by atoms with Crippen LogP contribution in [0.5, 0.6) is 0 Å². The van der Waals surface area contributed by atoms with E-state index in [1.165, 1.54) is 6.07 Å². The largest absolute Gasteiger partial charge is 0.478 e. The predicted octanol–water partition coefficient (Wildman–Crippen LogP) is 4.49. The smallest absolute Gasteiger partial charge is 0.335 e. The molecule has 122 valence electrons. The van der Waals surface area contributed by atoms with Gasteiger partial charge in [0.15, 0.2) is 0 Å². The molecule has 0 aromatic heterocycles. The Morgan fingerprint density at radius 1 is 1.17 bits per heavy atom. The van der Waals surface area contributed by atoms with E-state index in [1.54, 1.807) is 24.3 Å². The van der Waals surface area contributed by atoms with Gasteiger partial charge in [0.05, 0.1) is 17.3 Å². The van der Waals surface area contributed by atoms with E-state index in [-0.39, 0.29) is 23.4 Å². The first kappa shape index (κ1) is 14.9. The molecule has 0 fully saturated rings. The highest BCUT2D eigenvalue weighted by atomic mass is 19.1. The summed E-state index contributed by atoms with van der Waals surface area (Å²) in [6, 6.07) is 8.73. The van der Waals surface area contributed by atoms with Gasteiger partial charge in [0.1, 0.15) is 11.6 Å². The minimum absolute atomic E-state index is 0.0457. The molecule has 2 aromatic carbocycles. The number of rotatable bonds is 2. The second-order valence-corrected chi connectivity index (χ2v) is 6.25. The summed E-state index contributed by atoms with van der Waals surface area (Å²) in [6.45, 7) is 0. The molecule has 3 atom stereocenters. The van der Waals surface area contributed by atoms with Gasteiger partial charge in [0, 0.05) is 12.0 Å². The summed E-state index contributed by atoms with van der Waals surface area (Å²) < 4.78 is 27.8. The van der Waals surface area contributed by atoms with E-state index < -0.39 is 17.6 Å². The highest BCUT2D eigenvalue weighted by Gasteiger charge is 2.39. The highest BCUT2D eigenvalue weighted by molar-refractivity contribution is 5.87. The van der Waals surface area contributed by atoms with Crippen LogP contribution in [0, 0.1) is 17.6 Å². The number of nitrogens with one attached hydrogen (secondary N) is 1. The molecule has 4 rings (SSSR count). The maximum Gasteiger partial charge on any atom is 0.335 e. The Kier molecular flexibility index (Phi) is 3.37. The van der Waals surface area contributed by atoms with Gasteiger partial charge in [-0.2, -0.15) is 0 Å². The van der Waals surface area contributed by atoms with E-state index >= 15 is 0 Å². The Morgan fingerprint density at radius 2 is 1.92 bits per heavy atom. The summed E-state index contributed by atoms with van der Waals surface area (Å²) in [6.07, 6.45) is 4.84. The summed E-state index contributed by atoms with van der Waals surface area (Å²) >= 11 is 0. The Labute approximate surface area is 137 Å². The Morgan fingerprint density at radius 3 is 2.62 bits per heavy atom. The lowest BCUT2D eigenvalue weighted by Gasteiger charge is -2.37. The number of benzene rings is 2. The van der Waals surface area contributed by atoms with Gasteiger partial charge in [0.25, 0.3) is 0 Å². The van der Waals surface area contributed by atoms with Crippen LogP contribution in [0.15, 0.2) is 48.6 Å². The van der Waals surface area contributed by atoms with Gasteiger partial charge in [-0.3, -0.25) is 0 Å². The van der Waals surface area contributed by atoms with Crippen molar-refractivity contribution in [2.24, 2.45) is 5.92 Å². The minimum Gasteiger partial charge on any atom is -0.478 e. The van der Waals surface area contributed by atoms with Gasteiger partial charge in [-0.25, -0.2) is 13.6 Å². The molecule has 1 aliphatic heterocycles. The number of hydrogen-bond donors (Lipinski definition) is 2. The zero-order valence-electron chi connectivity index (χ0n) is 12.7. The number of allylic oxidation sites excluding steroid dienone is 2. The summed E-state index contributed by atoms with van der Waals surface area (Å²) in [5, 5.41) is 12.2. The molecule has 24 heavy (non-hydrogen) atoms. The van der Waals surface area contributed by atoms with Crippen LogP contribution >= 0.6 is 0 Å². The van der Waals surface area contributed by atoms with Crippen molar-refractivity contribution >= 4 is 11.7 Å². The lowest BCUT2D eigenvalue weighted by Crippen LogP contribution is -2.30. The monoisotopic (exact) mass is 327 g/mol. The third-order valence-electron chi connectivity index (χ3n) is 4.90. The molecule has 0 unspecified atom stereocenters. The van der Waals surface area contributed by atoms with Crippen molar-refractivity contribution in [2.45, 2.75) is 18.4 Å². The third-order valence-corrected chi connectivity index (χ3v) is 4.90. The first-order valence-corrected chi connectivity index (χ1v) is 7.80. The Bertz CT molecular complexity index is 845. The van der Waals surface area contributed by atoms with Crippen LogP contribution in [0.1, 0.15) is 39.9 Å². The zero-order valence-corrected chi connectivity index (χ0v) is 12.7. The second kappa shape index (κ2) is 5.44. The van der Waals surface area contributed by atoms with Crippen molar-refractivity contribution < 1.29 is 18.7 Å². The fourth-order valence-electron chi connectivity index (χ4n) is 3.78. The third kappa shape index (κ3) is 2.28. The lowest BCUT2D eigenvalue weighted by atomic mass is 9.77. The molecular formula is C19H15F2NO2. The summed E-state index contributed by atoms with van der Waals surface area (Å²) in [7, 11) is 0. The number of halogens is 2. The van der Waals surface area contributed by atoms with Gasteiger partial charge >= 0.3 is 5.97 Å². The quantitative estimate of drug-likeness (QED) is 0.799. The summed E-state index contributed by atoms with van der Waals surface area (Å²) in [5.74, 6) is -2.05. The van der Waals surface area contributed by atoms with E-state index in [2.05, 4.69) is 5.32 Å². The van der Waals surface area contributed by atoms with Crippen molar-refractivity contribution in [3.63, 3.8) is 0 Å². The molecule has 5 heteroatoms. The molecule has 0 radical (unpaired) electrons. The molecule has 0 saturated carbocycles. The van der Waals surface area contributed by atoms with E-state index in [9.17, 15) is 13.6 Å². The number of aromatic carboxylic acids is 1. The molecule has 2 aromatic rings. The van der Waals surface area contributed by atoms with Crippen molar-refractivity contribution in [3.05, 3.63) is 76.9 Å². The van der Waals surface area contributed by atoms with E-state index in [1.807, 2.05) is 12.2 Å². The molecule has 1 aliphatic carbocycles. The standard InChI is InChI=1S/C19H15F2NO2/c20-12-8-15-13-2-1-3-14(13)17(22-18(15)16(21)9-12)10-4-6-11(7-5-10)19(23)24/h1-2,4-9,13-14,17,22H,3H2,(H,23,24)/t13-,14-,17+/m1/s1. The molecule has 1 heterocycles. The van der Waals surface area contributed by atoms with Crippen molar-refractivity contribution in [3.8, 4) is 0 Å². The normalized spacial score (nSPS) is 24.2. The first-order valence-electron chi connectivity index (χ1n) is 7.80. The van der Waals surface area contributed by atoms with Crippen molar-refractivity contribution in [2.75, 3.05) is 5.32 Å². The molecule has 0 bridgehead atoms. The fraction of sp³-hybridized carbons (Fsp3) is 0.211. The maximum atomic E-state index is 14.2. The molecule has 0 amide bonds. The van der Waals surface area contributed by atoms with Gasteiger partial charge in [0.2, 0.25) is 0 Å². The fourth-order valence-corrected chi connectivity index (χ4v) is 3.78. The first-order chi connectivity index (χ1) is 11.5. The van der Waals surface area contributed by atoms with Gasteiger partial charge in [-0.05, 0) is 41.7 Å². The summed E-state index contributed by atoms with van der Waals surface area (Å²) in [5.41, 5.74) is 2.08. The van der Waals surface area contributed by atoms with E-state index in [4.69, 9.17) is 5.11 Å². The van der Waals surface area contributed by atoms with Crippen LogP contribution in [0.4, 0.5) is 14.5 Å². The van der Waals surface area contributed by atoms with Crippen LogP contribution in [-0.4, -0.2) is 11.1 Å². The van der Waals surface area contributed by atoms with Crippen LogP contribution in [0.25, 0.3) is 0 Å². The lowest BCUT2D eigenvalue weighted by molar-refractivity contribution is 0.0697. The van der Waals surface area contributed by atoms with Crippen molar-refractivity contribution in [1.29, 1.82) is 0 Å². The number of hydrogen-bond acceptors (Lipinski definition) is 2. The molecular weight excluding hydrogens is 312 g/mol. The van der Waals surface area contributed by atoms with Crippen LogP contribution < -0.4 is 5.32 Å². The molecule has 0 spiro atoms. The number of fused-ring (bicyclic) bond motifs is 3. The number of carboxylic acids is 1. The molecule has 3 nitrogen and oxygen atoms in total. The average Bonchev–Trinajstić information content (AvgIpc) is 3.04. The molecule has 2 aliphatic rings. The van der Waals surface area contributed by atoms with Gasteiger partial charge in [-0.1, -0.05) is 24.3 Å². The summed E-state index contributed by atoms with van der Waals surface area (Å²) in [4.78, 5) is 11.0.